The first-order valence-electron chi connectivity index (χ1n) is 9.19. The van der Waals surface area contributed by atoms with E-state index in [2.05, 4.69) is 10.3 Å². The molecule has 0 unspecified atom stereocenters. The van der Waals surface area contributed by atoms with Gasteiger partial charge in [-0.1, -0.05) is 12.8 Å². The first kappa shape index (κ1) is 18.1. The van der Waals surface area contributed by atoms with Gasteiger partial charge in [0.15, 0.2) is 0 Å². The molecular formula is C21H25N3O2. The van der Waals surface area contributed by atoms with Crippen LogP contribution in [-0.4, -0.2) is 41.3 Å². The number of amides is 2. The molecule has 1 aliphatic rings. The first-order valence-corrected chi connectivity index (χ1v) is 9.19. The van der Waals surface area contributed by atoms with E-state index >= 15 is 0 Å². The largest absolute Gasteiger partial charge is 0.349 e. The monoisotopic (exact) mass is 351 g/mol. The third-order valence-corrected chi connectivity index (χ3v) is 4.92. The number of carbonyl (C=O) groups excluding carboxylic acids is 2. The summed E-state index contributed by atoms with van der Waals surface area (Å²) in [6, 6.07) is 11.1. The molecule has 1 N–H and O–H groups in total. The molecule has 0 aliphatic heterocycles. The lowest BCUT2D eigenvalue weighted by atomic mass is 10.1. The van der Waals surface area contributed by atoms with E-state index in [0.29, 0.717) is 23.7 Å². The van der Waals surface area contributed by atoms with Crippen LogP contribution in [0.15, 0.2) is 48.8 Å². The van der Waals surface area contributed by atoms with Crippen LogP contribution in [0.3, 0.4) is 0 Å². The second kappa shape index (κ2) is 8.61. The molecule has 5 nitrogen and oxygen atoms in total. The standard InChI is InChI=1S/C21H25N3O2/c1-24(15-12-16-10-13-22-14-11-16)21(26)18-8-6-17(7-9-18)20(25)23-19-4-2-3-5-19/h6-11,13-14,19H,2-5,12,15H2,1H3,(H,23,25). The fourth-order valence-corrected chi connectivity index (χ4v) is 3.27. The van der Waals surface area contributed by atoms with Crippen LogP contribution in [0.25, 0.3) is 0 Å². The molecule has 1 aliphatic carbocycles. The summed E-state index contributed by atoms with van der Waals surface area (Å²) in [5, 5.41) is 3.07. The van der Waals surface area contributed by atoms with Crippen molar-refractivity contribution in [2.24, 2.45) is 0 Å². The summed E-state index contributed by atoms with van der Waals surface area (Å²) < 4.78 is 0. The summed E-state index contributed by atoms with van der Waals surface area (Å²) in [7, 11) is 1.80. The molecule has 1 aromatic heterocycles. The Morgan fingerprint density at radius 1 is 1.04 bits per heavy atom. The van der Waals surface area contributed by atoms with E-state index in [4.69, 9.17) is 0 Å². The maximum Gasteiger partial charge on any atom is 0.253 e. The van der Waals surface area contributed by atoms with Crippen LogP contribution < -0.4 is 5.32 Å². The molecule has 0 radical (unpaired) electrons. The molecule has 1 heterocycles. The summed E-state index contributed by atoms with van der Waals surface area (Å²) >= 11 is 0. The zero-order valence-corrected chi connectivity index (χ0v) is 15.1. The van der Waals surface area contributed by atoms with Gasteiger partial charge >= 0.3 is 0 Å². The molecule has 136 valence electrons. The topological polar surface area (TPSA) is 62.3 Å². The van der Waals surface area contributed by atoms with Gasteiger partial charge < -0.3 is 10.2 Å². The maximum atomic E-state index is 12.5. The molecule has 2 aromatic rings. The molecule has 0 saturated heterocycles. The molecular weight excluding hydrogens is 326 g/mol. The van der Waals surface area contributed by atoms with E-state index in [1.165, 1.54) is 12.8 Å². The number of nitrogens with one attached hydrogen (secondary N) is 1. The molecule has 5 heteroatoms. The Morgan fingerprint density at radius 2 is 1.65 bits per heavy atom. The number of rotatable bonds is 6. The Balaban J connectivity index is 1.54. The van der Waals surface area contributed by atoms with Crippen molar-refractivity contribution >= 4 is 11.8 Å². The molecule has 0 atom stereocenters. The van der Waals surface area contributed by atoms with Crippen molar-refractivity contribution < 1.29 is 9.59 Å². The van der Waals surface area contributed by atoms with E-state index in [1.54, 1.807) is 48.6 Å². The van der Waals surface area contributed by atoms with Crippen molar-refractivity contribution in [3.05, 3.63) is 65.5 Å². The lowest BCUT2D eigenvalue weighted by Crippen LogP contribution is -2.32. The van der Waals surface area contributed by atoms with Crippen molar-refractivity contribution in [1.82, 2.24) is 15.2 Å². The number of aromatic nitrogens is 1. The van der Waals surface area contributed by atoms with Crippen molar-refractivity contribution in [1.29, 1.82) is 0 Å². The Kier molecular flexibility index (Phi) is 6.00. The predicted molar refractivity (Wildman–Crippen MR) is 101 cm³/mol. The normalized spacial score (nSPS) is 14.2. The van der Waals surface area contributed by atoms with Gasteiger partial charge in [-0.2, -0.15) is 0 Å². The fourth-order valence-electron chi connectivity index (χ4n) is 3.27. The quantitative estimate of drug-likeness (QED) is 0.870. The molecule has 1 saturated carbocycles. The number of carbonyl (C=O) groups is 2. The minimum Gasteiger partial charge on any atom is -0.349 e. The molecule has 0 bridgehead atoms. The van der Waals surface area contributed by atoms with Crippen molar-refractivity contribution in [2.75, 3.05) is 13.6 Å². The summed E-state index contributed by atoms with van der Waals surface area (Å²) in [6.07, 6.45) is 8.79. The number of hydrogen-bond donors (Lipinski definition) is 1. The molecule has 1 aromatic carbocycles. The Bertz CT molecular complexity index is 738. The van der Waals surface area contributed by atoms with E-state index in [0.717, 1.165) is 24.8 Å². The fraction of sp³-hybridized carbons (Fsp3) is 0.381. The highest BCUT2D eigenvalue weighted by atomic mass is 16.2. The smallest absolute Gasteiger partial charge is 0.253 e. The van der Waals surface area contributed by atoms with Gasteiger partial charge in [-0.15, -0.1) is 0 Å². The van der Waals surface area contributed by atoms with Crippen LogP contribution in [0.4, 0.5) is 0 Å². The number of hydrogen-bond acceptors (Lipinski definition) is 3. The van der Waals surface area contributed by atoms with Crippen LogP contribution in [0, 0.1) is 0 Å². The zero-order chi connectivity index (χ0) is 18.4. The SMILES string of the molecule is CN(CCc1ccncc1)C(=O)c1ccc(C(=O)NC2CCCC2)cc1. The highest BCUT2D eigenvalue weighted by molar-refractivity contribution is 5.97. The van der Waals surface area contributed by atoms with Gasteiger partial charge in [-0.05, 0) is 61.2 Å². The zero-order valence-electron chi connectivity index (χ0n) is 15.1. The van der Waals surface area contributed by atoms with E-state index in [9.17, 15) is 9.59 Å². The highest BCUT2D eigenvalue weighted by Crippen LogP contribution is 2.18. The second-order valence-corrected chi connectivity index (χ2v) is 6.86. The number of nitrogens with zero attached hydrogens (tertiary/aromatic N) is 2. The molecule has 0 spiro atoms. The van der Waals surface area contributed by atoms with Gasteiger partial charge in [0.2, 0.25) is 0 Å². The lowest BCUT2D eigenvalue weighted by Gasteiger charge is -2.17. The molecule has 2 amide bonds. The van der Waals surface area contributed by atoms with Crippen LogP contribution in [0.1, 0.15) is 52.0 Å². The Morgan fingerprint density at radius 3 is 2.31 bits per heavy atom. The van der Waals surface area contributed by atoms with Crippen LogP contribution >= 0.6 is 0 Å². The third-order valence-electron chi connectivity index (χ3n) is 4.92. The van der Waals surface area contributed by atoms with Crippen molar-refractivity contribution in [2.45, 2.75) is 38.1 Å². The summed E-state index contributed by atoms with van der Waals surface area (Å²) in [5.74, 6) is -0.0938. The molecule has 1 fully saturated rings. The Hall–Kier alpha value is -2.69. The number of likely N-dealkylation sites (N-methyl/N-ethyl adjacent to an activating group) is 1. The van der Waals surface area contributed by atoms with Gasteiger partial charge in [0.25, 0.3) is 11.8 Å². The minimum atomic E-state index is -0.0538. The van der Waals surface area contributed by atoms with Gasteiger partial charge in [0.1, 0.15) is 0 Å². The lowest BCUT2D eigenvalue weighted by molar-refractivity contribution is 0.0795. The minimum absolute atomic E-state index is 0.0400. The number of benzene rings is 1. The first-order chi connectivity index (χ1) is 12.6. The van der Waals surface area contributed by atoms with E-state index in [-0.39, 0.29) is 11.8 Å². The van der Waals surface area contributed by atoms with Gasteiger partial charge in [0, 0.05) is 43.2 Å². The van der Waals surface area contributed by atoms with E-state index < -0.39 is 0 Å². The third kappa shape index (κ3) is 4.69. The summed E-state index contributed by atoms with van der Waals surface area (Å²) in [5.41, 5.74) is 2.35. The summed E-state index contributed by atoms with van der Waals surface area (Å²) in [6.45, 7) is 0.632. The van der Waals surface area contributed by atoms with Crippen LogP contribution in [-0.2, 0) is 6.42 Å². The van der Waals surface area contributed by atoms with Crippen molar-refractivity contribution in [3.8, 4) is 0 Å². The Labute approximate surface area is 154 Å². The molecule has 26 heavy (non-hydrogen) atoms. The molecule has 3 rings (SSSR count). The summed E-state index contributed by atoms with van der Waals surface area (Å²) in [4.78, 5) is 30.5. The average molecular weight is 351 g/mol. The van der Waals surface area contributed by atoms with Gasteiger partial charge in [0.05, 0.1) is 0 Å². The highest BCUT2D eigenvalue weighted by Gasteiger charge is 2.18. The van der Waals surface area contributed by atoms with Gasteiger partial charge in [-0.25, -0.2) is 0 Å². The predicted octanol–water partition coefficient (Wildman–Crippen LogP) is 3.07. The second-order valence-electron chi connectivity index (χ2n) is 6.86. The van der Waals surface area contributed by atoms with Crippen molar-refractivity contribution in [3.63, 3.8) is 0 Å². The van der Waals surface area contributed by atoms with Gasteiger partial charge in [-0.3, -0.25) is 14.6 Å². The van der Waals surface area contributed by atoms with E-state index in [1.807, 2.05) is 12.1 Å². The van der Waals surface area contributed by atoms with Crippen LogP contribution in [0.5, 0.6) is 0 Å². The average Bonchev–Trinajstić information content (AvgIpc) is 3.19. The van der Waals surface area contributed by atoms with Crippen LogP contribution in [0.2, 0.25) is 0 Å². The number of pyridine rings is 1. The maximum absolute atomic E-state index is 12.5.